The first-order valence-electron chi connectivity index (χ1n) is 8.56. The van der Waals surface area contributed by atoms with E-state index in [9.17, 15) is 14.4 Å². The Morgan fingerprint density at radius 3 is 2.70 bits per heavy atom. The van der Waals surface area contributed by atoms with Crippen molar-refractivity contribution in [3.63, 3.8) is 0 Å². The van der Waals surface area contributed by atoms with Crippen LogP contribution in [0.1, 0.15) is 18.7 Å². The SMILES string of the molecule is O=C(CCc1nc2ccccc2c(=O)[nH]1)NCCC(=O)Nc1cccnc1. The minimum Gasteiger partial charge on any atom is -0.356 e. The van der Waals surface area contributed by atoms with Gasteiger partial charge in [0.25, 0.3) is 5.56 Å². The van der Waals surface area contributed by atoms with Gasteiger partial charge in [0, 0.05) is 32.0 Å². The molecule has 0 unspecified atom stereocenters. The van der Waals surface area contributed by atoms with Crippen LogP contribution in [-0.2, 0) is 16.0 Å². The van der Waals surface area contributed by atoms with Crippen LogP contribution in [-0.4, -0.2) is 33.3 Å². The average Bonchev–Trinajstić information content (AvgIpc) is 2.67. The highest BCUT2D eigenvalue weighted by molar-refractivity contribution is 5.90. The second kappa shape index (κ2) is 8.70. The summed E-state index contributed by atoms with van der Waals surface area (Å²) >= 11 is 0. The van der Waals surface area contributed by atoms with Gasteiger partial charge in [-0.15, -0.1) is 0 Å². The molecule has 0 aliphatic carbocycles. The van der Waals surface area contributed by atoms with Crippen molar-refractivity contribution in [2.45, 2.75) is 19.3 Å². The van der Waals surface area contributed by atoms with Crippen molar-refractivity contribution < 1.29 is 9.59 Å². The van der Waals surface area contributed by atoms with Gasteiger partial charge in [0.2, 0.25) is 11.8 Å². The number of aromatic amines is 1. The second-order valence-corrected chi connectivity index (χ2v) is 5.92. The van der Waals surface area contributed by atoms with Crippen molar-refractivity contribution in [2.24, 2.45) is 0 Å². The molecule has 138 valence electrons. The molecule has 0 saturated heterocycles. The van der Waals surface area contributed by atoms with E-state index >= 15 is 0 Å². The van der Waals surface area contributed by atoms with Crippen molar-refractivity contribution in [1.82, 2.24) is 20.3 Å². The Balaban J connectivity index is 1.43. The van der Waals surface area contributed by atoms with E-state index < -0.39 is 0 Å². The Kier molecular flexibility index (Phi) is 5.88. The number of benzene rings is 1. The molecule has 0 bridgehead atoms. The fourth-order valence-electron chi connectivity index (χ4n) is 2.55. The monoisotopic (exact) mass is 365 g/mol. The van der Waals surface area contributed by atoms with Crippen molar-refractivity contribution in [3.8, 4) is 0 Å². The van der Waals surface area contributed by atoms with Crippen LogP contribution in [0, 0.1) is 0 Å². The lowest BCUT2D eigenvalue weighted by molar-refractivity contribution is -0.121. The highest BCUT2D eigenvalue weighted by Crippen LogP contribution is 2.06. The summed E-state index contributed by atoms with van der Waals surface area (Å²) in [7, 11) is 0. The molecule has 2 amide bonds. The van der Waals surface area contributed by atoms with Crippen LogP contribution in [0.2, 0.25) is 0 Å². The number of para-hydroxylation sites is 1. The number of aryl methyl sites for hydroxylation is 1. The van der Waals surface area contributed by atoms with Gasteiger partial charge >= 0.3 is 0 Å². The van der Waals surface area contributed by atoms with Crippen LogP contribution in [0.25, 0.3) is 10.9 Å². The van der Waals surface area contributed by atoms with Gasteiger partial charge in [-0.25, -0.2) is 4.98 Å². The normalized spacial score (nSPS) is 10.5. The molecular formula is C19H19N5O3. The highest BCUT2D eigenvalue weighted by Gasteiger charge is 2.08. The number of rotatable bonds is 7. The summed E-state index contributed by atoms with van der Waals surface area (Å²) in [6.45, 7) is 0.229. The van der Waals surface area contributed by atoms with E-state index in [1.54, 1.807) is 42.7 Å². The van der Waals surface area contributed by atoms with Gasteiger partial charge in [-0.1, -0.05) is 12.1 Å². The van der Waals surface area contributed by atoms with E-state index in [0.717, 1.165) is 0 Å². The molecule has 0 saturated carbocycles. The van der Waals surface area contributed by atoms with Crippen LogP contribution in [0.3, 0.4) is 0 Å². The number of amides is 2. The topological polar surface area (TPSA) is 117 Å². The number of hydrogen-bond acceptors (Lipinski definition) is 5. The summed E-state index contributed by atoms with van der Waals surface area (Å²) < 4.78 is 0. The molecule has 0 aliphatic heterocycles. The number of aromatic nitrogens is 3. The lowest BCUT2D eigenvalue weighted by atomic mass is 10.2. The number of carbonyl (C=O) groups is 2. The van der Waals surface area contributed by atoms with E-state index in [1.165, 1.54) is 0 Å². The minimum atomic E-state index is -0.219. The first-order chi connectivity index (χ1) is 13.1. The van der Waals surface area contributed by atoms with Crippen molar-refractivity contribution in [3.05, 3.63) is 65.0 Å². The number of pyridine rings is 1. The molecule has 27 heavy (non-hydrogen) atoms. The lowest BCUT2D eigenvalue weighted by Crippen LogP contribution is -2.28. The fraction of sp³-hybridized carbons (Fsp3) is 0.211. The number of nitrogens with one attached hydrogen (secondary N) is 3. The molecule has 3 N–H and O–H groups in total. The van der Waals surface area contributed by atoms with Crippen LogP contribution in [0.4, 0.5) is 5.69 Å². The van der Waals surface area contributed by atoms with E-state index in [1.807, 2.05) is 6.07 Å². The second-order valence-electron chi connectivity index (χ2n) is 5.92. The van der Waals surface area contributed by atoms with Crippen molar-refractivity contribution >= 4 is 28.4 Å². The number of H-pyrrole nitrogens is 1. The van der Waals surface area contributed by atoms with Gasteiger partial charge in [0.05, 0.1) is 22.8 Å². The molecule has 0 aliphatic rings. The summed E-state index contributed by atoms with van der Waals surface area (Å²) in [6, 6.07) is 10.5. The number of fused-ring (bicyclic) bond motifs is 1. The molecule has 0 spiro atoms. The molecular weight excluding hydrogens is 346 g/mol. The van der Waals surface area contributed by atoms with Crippen LogP contribution in [0.5, 0.6) is 0 Å². The number of anilines is 1. The Morgan fingerprint density at radius 1 is 1.04 bits per heavy atom. The van der Waals surface area contributed by atoms with Crippen LogP contribution < -0.4 is 16.2 Å². The van der Waals surface area contributed by atoms with Gasteiger partial charge in [-0.05, 0) is 24.3 Å². The molecule has 0 radical (unpaired) electrons. The van der Waals surface area contributed by atoms with Crippen molar-refractivity contribution in [2.75, 3.05) is 11.9 Å². The van der Waals surface area contributed by atoms with Gasteiger partial charge in [-0.3, -0.25) is 19.4 Å². The fourth-order valence-corrected chi connectivity index (χ4v) is 2.55. The Morgan fingerprint density at radius 2 is 1.89 bits per heavy atom. The summed E-state index contributed by atoms with van der Waals surface area (Å²) in [5.41, 5.74) is 0.993. The van der Waals surface area contributed by atoms with Crippen molar-refractivity contribution in [1.29, 1.82) is 0 Å². The van der Waals surface area contributed by atoms with E-state index in [4.69, 9.17) is 0 Å². The predicted molar refractivity (Wildman–Crippen MR) is 101 cm³/mol. The van der Waals surface area contributed by atoms with E-state index in [0.29, 0.717) is 28.8 Å². The number of carbonyl (C=O) groups excluding carboxylic acids is 2. The lowest BCUT2D eigenvalue weighted by Gasteiger charge is -2.07. The summed E-state index contributed by atoms with van der Waals surface area (Å²) in [4.78, 5) is 46.7. The third kappa shape index (κ3) is 5.21. The van der Waals surface area contributed by atoms with Crippen LogP contribution in [0.15, 0.2) is 53.6 Å². The summed E-state index contributed by atoms with van der Waals surface area (Å²) in [5, 5.41) is 5.90. The minimum absolute atomic E-state index is 0.158. The number of hydrogen-bond donors (Lipinski definition) is 3. The van der Waals surface area contributed by atoms with Gasteiger partial charge < -0.3 is 15.6 Å². The summed E-state index contributed by atoms with van der Waals surface area (Å²) in [5.74, 6) is 0.0481. The zero-order valence-corrected chi connectivity index (χ0v) is 14.6. The first kappa shape index (κ1) is 18.2. The maximum absolute atomic E-state index is 12.0. The smallest absolute Gasteiger partial charge is 0.258 e. The zero-order chi connectivity index (χ0) is 19.1. The third-order valence-electron chi connectivity index (χ3n) is 3.87. The zero-order valence-electron chi connectivity index (χ0n) is 14.6. The molecule has 1 aromatic carbocycles. The standard InChI is InChI=1S/C19H19N5O3/c25-17(21-11-9-18(26)22-13-4-3-10-20-12-13)8-7-16-23-15-6-2-1-5-14(15)19(27)24-16/h1-6,10,12H,7-9,11H2,(H,21,25)(H,22,26)(H,23,24,27). The number of nitrogens with zero attached hydrogens (tertiary/aromatic N) is 2. The molecule has 2 aromatic heterocycles. The Bertz CT molecular complexity index is 1000. The van der Waals surface area contributed by atoms with Crippen LogP contribution >= 0.6 is 0 Å². The predicted octanol–water partition coefficient (Wildman–Crippen LogP) is 1.40. The molecule has 2 heterocycles. The Hall–Kier alpha value is -3.55. The highest BCUT2D eigenvalue weighted by atomic mass is 16.2. The van der Waals surface area contributed by atoms with Gasteiger partial charge in [0.15, 0.2) is 0 Å². The maximum atomic E-state index is 12.0. The molecule has 8 heteroatoms. The molecule has 3 rings (SSSR count). The molecule has 8 nitrogen and oxygen atoms in total. The molecule has 0 fully saturated rings. The van der Waals surface area contributed by atoms with Gasteiger partial charge in [0.1, 0.15) is 5.82 Å². The van der Waals surface area contributed by atoms with Gasteiger partial charge in [-0.2, -0.15) is 0 Å². The first-order valence-corrected chi connectivity index (χ1v) is 8.56. The molecule has 0 atom stereocenters. The Labute approximate surface area is 155 Å². The average molecular weight is 365 g/mol. The largest absolute Gasteiger partial charge is 0.356 e. The third-order valence-corrected chi connectivity index (χ3v) is 3.87. The summed E-state index contributed by atoms with van der Waals surface area (Å²) in [6.07, 6.45) is 3.81. The quantitative estimate of drug-likeness (QED) is 0.585. The van der Waals surface area contributed by atoms with E-state index in [2.05, 4.69) is 25.6 Å². The van der Waals surface area contributed by atoms with E-state index in [-0.39, 0.29) is 36.8 Å². The molecule has 3 aromatic rings. The maximum Gasteiger partial charge on any atom is 0.258 e.